The average Bonchev–Trinajstić information content (AvgIpc) is 2.59. The number of aryl methyl sites for hydroxylation is 2. The lowest BCUT2D eigenvalue weighted by molar-refractivity contribution is 0.600. The number of pyridine rings is 1. The van der Waals surface area contributed by atoms with Crippen molar-refractivity contribution in [1.82, 2.24) is 14.8 Å². The van der Waals surface area contributed by atoms with Crippen LogP contribution in [0.1, 0.15) is 11.4 Å². The minimum Gasteiger partial charge on any atom is -0.276 e. The van der Waals surface area contributed by atoms with Gasteiger partial charge in [0.05, 0.1) is 22.1 Å². The highest BCUT2D eigenvalue weighted by Gasteiger charge is 2.20. The summed E-state index contributed by atoms with van der Waals surface area (Å²) in [6.07, 6.45) is 1.15. The van der Waals surface area contributed by atoms with Gasteiger partial charge in [0.1, 0.15) is 10.0 Å². The zero-order valence-corrected chi connectivity index (χ0v) is 13.3. The Bertz CT molecular complexity index is 771. The molecule has 1 N–H and O–H groups in total. The molecule has 0 radical (unpaired) electrons. The molecule has 2 aromatic rings. The highest BCUT2D eigenvalue weighted by Crippen LogP contribution is 2.25. The van der Waals surface area contributed by atoms with E-state index in [2.05, 4.69) is 14.8 Å². The summed E-state index contributed by atoms with van der Waals surface area (Å²) in [6, 6.07) is 1.25. The molecule has 6 nitrogen and oxygen atoms in total. The van der Waals surface area contributed by atoms with E-state index in [-0.39, 0.29) is 15.1 Å². The van der Waals surface area contributed by atoms with E-state index < -0.39 is 10.0 Å². The highest BCUT2D eigenvalue weighted by molar-refractivity contribution is 7.92. The molecule has 0 fully saturated rings. The Morgan fingerprint density at radius 3 is 2.45 bits per heavy atom. The van der Waals surface area contributed by atoms with Crippen LogP contribution in [0.15, 0.2) is 17.2 Å². The summed E-state index contributed by atoms with van der Waals surface area (Å²) in [4.78, 5) is 3.67. The van der Waals surface area contributed by atoms with E-state index in [0.29, 0.717) is 17.1 Å². The molecule has 0 aliphatic heterocycles. The Morgan fingerprint density at radius 1 is 1.30 bits per heavy atom. The van der Waals surface area contributed by atoms with Gasteiger partial charge in [-0.1, -0.05) is 23.2 Å². The van der Waals surface area contributed by atoms with Gasteiger partial charge >= 0.3 is 0 Å². The van der Waals surface area contributed by atoms with Crippen molar-refractivity contribution < 1.29 is 8.42 Å². The standard InChI is InChI=1S/C11H12Cl2N4O2S/c1-6-10(7(2)17(3)15-6)16-20(18,19)8-4-9(12)11(13)14-5-8/h4-5,16H,1-3H3. The topological polar surface area (TPSA) is 76.9 Å². The molecule has 108 valence electrons. The monoisotopic (exact) mass is 334 g/mol. The maximum absolute atomic E-state index is 12.3. The molecule has 2 heterocycles. The van der Waals surface area contributed by atoms with Crippen molar-refractivity contribution in [3.05, 3.63) is 33.8 Å². The largest absolute Gasteiger partial charge is 0.276 e. The third-order valence-corrected chi connectivity index (χ3v) is 4.83. The van der Waals surface area contributed by atoms with E-state index in [9.17, 15) is 8.42 Å². The van der Waals surface area contributed by atoms with Gasteiger partial charge in [0, 0.05) is 13.2 Å². The summed E-state index contributed by atoms with van der Waals surface area (Å²) in [5, 5.41) is 4.28. The molecule has 0 aliphatic rings. The summed E-state index contributed by atoms with van der Waals surface area (Å²) in [5.41, 5.74) is 1.74. The first-order chi connectivity index (χ1) is 9.22. The van der Waals surface area contributed by atoms with Gasteiger partial charge in [0.15, 0.2) is 0 Å². The number of nitrogens with one attached hydrogen (secondary N) is 1. The third kappa shape index (κ3) is 2.74. The Labute approximate surface area is 126 Å². The van der Waals surface area contributed by atoms with E-state index in [1.54, 1.807) is 25.6 Å². The van der Waals surface area contributed by atoms with Crippen molar-refractivity contribution in [2.24, 2.45) is 7.05 Å². The maximum Gasteiger partial charge on any atom is 0.263 e. The normalized spacial score (nSPS) is 11.7. The minimum atomic E-state index is -3.79. The third-order valence-electron chi connectivity index (χ3n) is 2.83. The first kappa shape index (κ1) is 15.1. The summed E-state index contributed by atoms with van der Waals surface area (Å²) in [5.74, 6) is 0. The van der Waals surface area contributed by atoms with Gasteiger partial charge in [-0.15, -0.1) is 0 Å². The molecule has 0 unspecified atom stereocenters. The zero-order chi connectivity index (χ0) is 15.1. The second-order valence-electron chi connectivity index (χ2n) is 4.22. The molecule has 0 spiro atoms. The Balaban J connectivity index is 2.43. The fraction of sp³-hybridized carbons (Fsp3) is 0.273. The Kier molecular flexibility index (Phi) is 3.95. The predicted octanol–water partition coefficient (Wildman–Crippen LogP) is 2.54. The van der Waals surface area contributed by atoms with E-state index in [1.807, 2.05) is 0 Å². The molecule has 0 atom stereocenters. The number of halogens is 2. The van der Waals surface area contributed by atoms with Crippen LogP contribution < -0.4 is 4.72 Å². The van der Waals surface area contributed by atoms with Gasteiger partial charge in [-0.2, -0.15) is 5.10 Å². The molecule has 0 amide bonds. The van der Waals surface area contributed by atoms with Gasteiger partial charge in [-0.3, -0.25) is 9.40 Å². The first-order valence-electron chi connectivity index (χ1n) is 5.56. The van der Waals surface area contributed by atoms with E-state index in [4.69, 9.17) is 23.2 Å². The van der Waals surface area contributed by atoms with Crippen molar-refractivity contribution in [3.8, 4) is 0 Å². The Hall–Kier alpha value is -1.31. The quantitative estimate of drug-likeness (QED) is 0.875. The Morgan fingerprint density at radius 2 is 1.95 bits per heavy atom. The molecular formula is C11H12Cl2N4O2S. The van der Waals surface area contributed by atoms with Crippen molar-refractivity contribution in [3.63, 3.8) is 0 Å². The van der Waals surface area contributed by atoms with Crippen LogP contribution in [-0.4, -0.2) is 23.2 Å². The molecule has 20 heavy (non-hydrogen) atoms. The number of nitrogens with zero attached hydrogens (tertiary/aromatic N) is 3. The van der Waals surface area contributed by atoms with Crippen molar-refractivity contribution in [1.29, 1.82) is 0 Å². The molecule has 2 aromatic heterocycles. The second-order valence-corrected chi connectivity index (χ2v) is 6.67. The van der Waals surface area contributed by atoms with Gasteiger partial charge < -0.3 is 0 Å². The van der Waals surface area contributed by atoms with Crippen molar-refractivity contribution in [2.75, 3.05) is 4.72 Å². The lowest BCUT2D eigenvalue weighted by Crippen LogP contribution is -2.14. The molecule has 2 rings (SSSR count). The van der Waals surface area contributed by atoms with Crippen LogP contribution in [0.2, 0.25) is 10.2 Å². The summed E-state index contributed by atoms with van der Waals surface area (Å²) in [6.45, 7) is 3.49. The fourth-order valence-corrected chi connectivity index (χ4v) is 3.15. The smallest absolute Gasteiger partial charge is 0.263 e. The van der Waals surface area contributed by atoms with Gasteiger partial charge in [0.2, 0.25) is 0 Å². The van der Waals surface area contributed by atoms with E-state index in [0.717, 1.165) is 6.20 Å². The molecule has 0 aromatic carbocycles. The van der Waals surface area contributed by atoms with Crippen LogP contribution in [0.5, 0.6) is 0 Å². The zero-order valence-electron chi connectivity index (χ0n) is 11.0. The maximum atomic E-state index is 12.3. The number of aromatic nitrogens is 3. The fourth-order valence-electron chi connectivity index (χ4n) is 1.67. The van der Waals surface area contributed by atoms with Crippen LogP contribution in [0, 0.1) is 13.8 Å². The lowest BCUT2D eigenvalue weighted by Gasteiger charge is -2.08. The molecule has 9 heteroatoms. The van der Waals surface area contributed by atoms with Crippen LogP contribution in [0.3, 0.4) is 0 Å². The van der Waals surface area contributed by atoms with Crippen LogP contribution in [0.4, 0.5) is 5.69 Å². The minimum absolute atomic E-state index is 0.0550. The van der Waals surface area contributed by atoms with Gasteiger partial charge in [-0.05, 0) is 19.9 Å². The number of sulfonamides is 1. The van der Waals surface area contributed by atoms with E-state index in [1.165, 1.54) is 6.07 Å². The average molecular weight is 335 g/mol. The van der Waals surface area contributed by atoms with Crippen LogP contribution >= 0.6 is 23.2 Å². The lowest BCUT2D eigenvalue weighted by atomic mass is 10.3. The number of rotatable bonds is 3. The summed E-state index contributed by atoms with van der Waals surface area (Å²) < 4.78 is 28.7. The van der Waals surface area contributed by atoms with E-state index >= 15 is 0 Å². The predicted molar refractivity (Wildman–Crippen MR) is 77.7 cm³/mol. The number of hydrogen-bond donors (Lipinski definition) is 1. The second kappa shape index (κ2) is 5.23. The van der Waals surface area contributed by atoms with Gasteiger partial charge in [-0.25, -0.2) is 13.4 Å². The first-order valence-corrected chi connectivity index (χ1v) is 7.80. The van der Waals surface area contributed by atoms with Gasteiger partial charge in [0.25, 0.3) is 10.0 Å². The molecule has 0 aliphatic carbocycles. The molecule has 0 saturated carbocycles. The SMILES string of the molecule is Cc1nn(C)c(C)c1NS(=O)(=O)c1cnc(Cl)c(Cl)c1. The molecule has 0 saturated heterocycles. The number of hydrogen-bond acceptors (Lipinski definition) is 4. The highest BCUT2D eigenvalue weighted by atomic mass is 35.5. The summed E-state index contributed by atoms with van der Waals surface area (Å²) >= 11 is 11.5. The van der Waals surface area contributed by atoms with Crippen LogP contribution in [-0.2, 0) is 17.1 Å². The van der Waals surface area contributed by atoms with Crippen molar-refractivity contribution >= 4 is 38.9 Å². The van der Waals surface area contributed by atoms with Crippen LogP contribution in [0.25, 0.3) is 0 Å². The summed E-state index contributed by atoms with van der Waals surface area (Å²) in [7, 11) is -2.06. The number of anilines is 1. The molecular weight excluding hydrogens is 323 g/mol. The van der Waals surface area contributed by atoms with Crippen molar-refractivity contribution in [2.45, 2.75) is 18.7 Å². The molecule has 0 bridgehead atoms.